The van der Waals surface area contributed by atoms with E-state index in [1.165, 1.54) is 11.3 Å². The van der Waals surface area contributed by atoms with Gasteiger partial charge in [-0.3, -0.25) is 9.78 Å². The maximum absolute atomic E-state index is 12.8. The quantitative estimate of drug-likeness (QED) is 0.753. The third-order valence-corrected chi connectivity index (χ3v) is 4.80. The summed E-state index contributed by atoms with van der Waals surface area (Å²) >= 11 is 0. The number of fused-ring (bicyclic) bond motifs is 1. The third-order valence-electron chi connectivity index (χ3n) is 4.80. The molecule has 0 bridgehead atoms. The molecule has 0 spiro atoms. The van der Waals surface area contributed by atoms with Crippen LogP contribution >= 0.6 is 0 Å². The van der Waals surface area contributed by atoms with Crippen LogP contribution in [-0.2, 0) is 6.42 Å². The molecule has 0 saturated heterocycles. The summed E-state index contributed by atoms with van der Waals surface area (Å²) in [5, 5.41) is 3.07. The van der Waals surface area contributed by atoms with E-state index in [0.717, 1.165) is 35.7 Å². The van der Waals surface area contributed by atoms with Gasteiger partial charge in [0.2, 0.25) is 0 Å². The van der Waals surface area contributed by atoms with E-state index in [-0.39, 0.29) is 5.91 Å². The average molecular weight is 343 g/mol. The SMILES string of the molecule is Cc1ccc(C(=O)Nc2ccccc2N2CCc3ccccc32)c(C)n1. The zero-order valence-electron chi connectivity index (χ0n) is 15.0. The minimum atomic E-state index is -0.130. The smallest absolute Gasteiger partial charge is 0.257 e. The first kappa shape index (κ1) is 16.3. The highest BCUT2D eigenvalue weighted by molar-refractivity contribution is 6.07. The normalized spacial score (nSPS) is 12.8. The molecule has 0 saturated carbocycles. The van der Waals surface area contributed by atoms with E-state index in [9.17, 15) is 4.79 Å². The molecule has 2 aromatic carbocycles. The molecule has 1 aliphatic rings. The Morgan fingerprint density at radius 3 is 2.50 bits per heavy atom. The predicted molar refractivity (Wildman–Crippen MR) is 105 cm³/mol. The van der Waals surface area contributed by atoms with Crippen molar-refractivity contribution in [1.82, 2.24) is 4.98 Å². The molecule has 1 amide bonds. The van der Waals surface area contributed by atoms with Crippen molar-refractivity contribution in [2.45, 2.75) is 20.3 Å². The molecule has 4 nitrogen and oxygen atoms in total. The van der Waals surface area contributed by atoms with E-state index < -0.39 is 0 Å². The van der Waals surface area contributed by atoms with Crippen LogP contribution in [0.3, 0.4) is 0 Å². The second-order valence-corrected chi connectivity index (χ2v) is 6.59. The second kappa shape index (κ2) is 6.64. The summed E-state index contributed by atoms with van der Waals surface area (Å²) in [5.41, 5.74) is 6.64. The Bertz CT molecular complexity index is 981. The second-order valence-electron chi connectivity index (χ2n) is 6.59. The molecule has 0 atom stereocenters. The largest absolute Gasteiger partial charge is 0.339 e. The lowest BCUT2D eigenvalue weighted by molar-refractivity contribution is 0.102. The lowest BCUT2D eigenvalue weighted by Gasteiger charge is -2.23. The summed E-state index contributed by atoms with van der Waals surface area (Å²) < 4.78 is 0. The number of nitrogens with one attached hydrogen (secondary N) is 1. The first-order valence-corrected chi connectivity index (χ1v) is 8.83. The van der Waals surface area contributed by atoms with Crippen molar-refractivity contribution in [3.8, 4) is 0 Å². The Labute approximate surface area is 153 Å². The topological polar surface area (TPSA) is 45.2 Å². The van der Waals surface area contributed by atoms with Gasteiger partial charge in [0.05, 0.1) is 22.6 Å². The van der Waals surface area contributed by atoms with Crippen LogP contribution in [0, 0.1) is 13.8 Å². The van der Waals surface area contributed by atoms with E-state index >= 15 is 0 Å². The molecule has 2 heterocycles. The van der Waals surface area contributed by atoms with Gasteiger partial charge < -0.3 is 10.2 Å². The number of benzene rings is 2. The number of aromatic nitrogens is 1. The van der Waals surface area contributed by atoms with Crippen molar-refractivity contribution in [2.75, 3.05) is 16.8 Å². The van der Waals surface area contributed by atoms with Crippen molar-refractivity contribution in [3.05, 3.63) is 83.2 Å². The van der Waals surface area contributed by atoms with Gasteiger partial charge >= 0.3 is 0 Å². The molecule has 3 aromatic rings. The van der Waals surface area contributed by atoms with Crippen LogP contribution in [0.1, 0.15) is 27.3 Å². The highest BCUT2D eigenvalue weighted by Gasteiger charge is 2.22. The van der Waals surface area contributed by atoms with Crippen molar-refractivity contribution in [2.24, 2.45) is 0 Å². The fraction of sp³-hybridized carbons (Fsp3) is 0.182. The summed E-state index contributed by atoms with van der Waals surface area (Å²) in [6.45, 7) is 4.71. The number of pyridine rings is 1. The van der Waals surface area contributed by atoms with Crippen LogP contribution in [-0.4, -0.2) is 17.4 Å². The van der Waals surface area contributed by atoms with Gasteiger partial charge in [0.25, 0.3) is 5.91 Å². The zero-order chi connectivity index (χ0) is 18.1. The van der Waals surface area contributed by atoms with E-state index in [2.05, 4.69) is 45.5 Å². The molecular weight excluding hydrogens is 322 g/mol. The number of aryl methyl sites for hydroxylation is 2. The fourth-order valence-electron chi connectivity index (χ4n) is 3.52. The molecule has 4 rings (SSSR count). The Morgan fingerprint density at radius 2 is 1.69 bits per heavy atom. The summed E-state index contributed by atoms with van der Waals surface area (Å²) in [5.74, 6) is -0.130. The van der Waals surface area contributed by atoms with Gasteiger partial charge in [-0.25, -0.2) is 0 Å². The molecule has 26 heavy (non-hydrogen) atoms. The minimum Gasteiger partial charge on any atom is -0.339 e. The molecule has 1 aromatic heterocycles. The number of carbonyl (C=O) groups is 1. The molecule has 1 N–H and O–H groups in total. The van der Waals surface area contributed by atoms with E-state index in [4.69, 9.17) is 0 Å². The van der Waals surface area contributed by atoms with E-state index in [1.807, 2.05) is 44.2 Å². The monoisotopic (exact) mass is 343 g/mol. The predicted octanol–water partition coefficient (Wildman–Crippen LogP) is 4.64. The summed E-state index contributed by atoms with van der Waals surface area (Å²) in [4.78, 5) is 19.5. The maximum atomic E-state index is 12.8. The summed E-state index contributed by atoms with van der Waals surface area (Å²) in [6, 6.07) is 20.1. The molecule has 0 fully saturated rings. The standard InChI is InChI=1S/C22H21N3O/c1-15-11-12-18(16(2)23-15)22(26)24-19-8-4-6-10-21(19)25-14-13-17-7-3-5-9-20(17)25/h3-12H,13-14H2,1-2H3,(H,24,26). The lowest BCUT2D eigenvalue weighted by atomic mass is 10.1. The van der Waals surface area contributed by atoms with Crippen LogP contribution in [0.4, 0.5) is 17.1 Å². The number of carbonyl (C=O) groups excluding carboxylic acids is 1. The number of amides is 1. The van der Waals surface area contributed by atoms with Gasteiger partial charge in [-0.1, -0.05) is 30.3 Å². The average Bonchev–Trinajstić information content (AvgIpc) is 3.06. The Kier molecular flexibility index (Phi) is 4.17. The van der Waals surface area contributed by atoms with Gasteiger partial charge in [0.1, 0.15) is 0 Å². The summed E-state index contributed by atoms with van der Waals surface area (Å²) in [6.07, 6.45) is 1.01. The number of rotatable bonds is 3. The van der Waals surface area contributed by atoms with Gasteiger partial charge in [-0.05, 0) is 56.2 Å². The van der Waals surface area contributed by atoms with Crippen LogP contribution < -0.4 is 10.2 Å². The first-order valence-electron chi connectivity index (χ1n) is 8.83. The molecule has 0 unspecified atom stereocenters. The molecule has 1 aliphatic heterocycles. The molecule has 0 aliphatic carbocycles. The zero-order valence-corrected chi connectivity index (χ0v) is 15.0. The molecular formula is C22H21N3O. The highest BCUT2D eigenvalue weighted by Crippen LogP contribution is 2.38. The number of hydrogen-bond donors (Lipinski definition) is 1. The summed E-state index contributed by atoms with van der Waals surface area (Å²) in [7, 11) is 0. The van der Waals surface area contributed by atoms with Gasteiger partial charge in [0, 0.05) is 17.9 Å². The van der Waals surface area contributed by atoms with Crippen molar-refractivity contribution >= 4 is 23.0 Å². The van der Waals surface area contributed by atoms with Gasteiger partial charge in [-0.2, -0.15) is 0 Å². The Hall–Kier alpha value is -3.14. The van der Waals surface area contributed by atoms with Crippen molar-refractivity contribution in [3.63, 3.8) is 0 Å². The molecule has 130 valence electrons. The van der Waals surface area contributed by atoms with Crippen LogP contribution in [0.25, 0.3) is 0 Å². The lowest BCUT2D eigenvalue weighted by Crippen LogP contribution is -2.19. The van der Waals surface area contributed by atoms with Crippen LogP contribution in [0.2, 0.25) is 0 Å². The van der Waals surface area contributed by atoms with Crippen molar-refractivity contribution in [1.29, 1.82) is 0 Å². The number of para-hydroxylation sites is 3. The van der Waals surface area contributed by atoms with Crippen LogP contribution in [0.5, 0.6) is 0 Å². The van der Waals surface area contributed by atoms with Crippen LogP contribution in [0.15, 0.2) is 60.7 Å². The van der Waals surface area contributed by atoms with Gasteiger partial charge in [-0.15, -0.1) is 0 Å². The van der Waals surface area contributed by atoms with E-state index in [1.54, 1.807) is 0 Å². The third kappa shape index (κ3) is 2.94. The number of anilines is 3. The fourth-order valence-corrected chi connectivity index (χ4v) is 3.52. The van der Waals surface area contributed by atoms with E-state index in [0.29, 0.717) is 5.56 Å². The Balaban J connectivity index is 1.66. The Morgan fingerprint density at radius 1 is 0.962 bits per heavy atom. The molecule has 0 radical (unpaired) electrons. The minimum absolute atomic E-state index is 0.130. The maximum Gasteiger partial charge on any atom is 0.257 e. The number of nitrogens with zero attached hydrogens (tertiary/aromatic N) is 2. The van der Waals surface area contributed by atoms with Gasteiger partial charge in [0.15, 0.2) is 0 Å². The highest BCUT2D eigenvalue weighted by atomic mass is 16.1. The number of hydrogen-bond acceptors (Lipinski definition) is 3. The first-order chi connectivity index (χ1) is 12.6. The molecule has 4 heteroatoms. The van der Waals surface area contributed by atoms with Crippen molar-refractivity contribution < 1.29 is 4.79 Å².